The van der Waals surface area contributed by atoms with E-state index in [2.05, 4.69) is 0 Å². The first-order chi connectivity index (χ1) is 32.3. The third-order valence-electron chi connectivity index (χ3n) is 22.0. The van der Waals surface area contributed by atoms with Crippen LogP contribution in [0, 0.1) is 124 Å². The molecule has 22 atom stereocenters. The van der Waals surface area contributed by atoms with Gasteiger partial charge in [-0.2, -0.15) is 0 Å². The molecule has 12 bridgehead atoms. The highest BCUT2D eigenvalue weighted by Crippen LogP contribution is 2.71. The van der Waals surface area contributed by atoms with Gasteiger partial charge in [-0.25, -0.2) is 0 Å². The molecule has 13 aliphatic carbocycles. The molecule has 0 aromatic carbocycles. The molecule has 11 nitrogen and oxygen atoms in total. The van der Waals surface area contributed by atoms with Crippen LogP contribution in [0.15, 0.2) is 0 Å². The summed E-state index contributed by atoms with van der Waals surface area (Å²) in [6, 6.07) is 0. The van der Waals surface area contributed by atoms with Gasteiger partial charge in [0.05, 0.1) is 35.9 Å². The Morgan fingerprint density at radius 3 is 1.73 bits per heavy atom. The number of esters is 4. The summed E-state index contributed by atoms with van der Waals surface area (Å²) in [6.07, 6.45) is 20.8. The van der Waals surface area contributed by atoms with Gasteiger partial charge in [0.15, 0.2) is 13.6 Å². The first-order valence-electron chi connectivity index (χ1n) is 27.8. The van der Waals surface area contributed by atoms with Crippen LogP contribution in [0.4, 0.5) is 0 Å². The van der Waals surface area contributed by atoms with Crippen molar-refractivity contribution in [1.29, 1.82) is 0 Å². The molecule has 0 amide bonds. The number of ketones is 1. The minimum Gasteiger partial charge on any atom is -0.462 e. The number of rotatable bonds is 15. The summed E-state index contributed by atoms with van der Waals surface area (Å²) in [6.45, 7) is 10.8. The van der Waals surface area contributed by atoms with Crippen molar-refractivity contribution >= 4 is 29.7 Å². The smallest absolute Gasteiger partial charge is 0.311 e. The third-order valence-corrected chi connectivity index (χ3v) is 22.0. The molecule has 13 fully saturated rings. The average Bonchev–Trinajstić information content (AvgIpc) is 4.21. The summed E-state index contributed by atoms with van der Waals surface area (Å²) in [5.41, 5.74) is -0.440. The van der Waals surface area contributed by atoms with Crippen molar-refractivity contribution in [3.63, 3.8) is 0 Å². The summed E-state index contributed by atoms with van der Waals surface area (Å²) < 4.78 is 35.2. The molecule has 11 heteroatoms. The zero-order chi connectivity index (χ0) is 46.5. The van der Waals surface area contributed by atoms with E-state index in [1.807, 2.05) is 34.6 Å². The molecule has 0 aliphatic heterocycles. The Balaban J connectivity index is 0.000000200. The predicted octanol–water partition coefficient (Wildman–Crippen LogP) is 12.3. The molecule has 22 unspecified atom stereocenters. The van der Waals surface area contributed by atoms with Gasteiger partial charge in [0.2, 0.25) is 0 Å². The number of ether oxygens (including phenoxy) is 6. The van der Waals surface area contributed by atoms with E-state index >= 15 is 0 Å². The summed E-state index contributed by atoms with van der Waals surface area (Å²) in [5, 5.41) is 0. The largest absolute Gasteiger partial charge is 0.462 e. The summed E-state index contributed by atoms with van der Waals surface area (Å²) in [5.74, 6) is 8.87. The Kier molecular flexibility index (Phi) is 17.7. The molecule has 71 heavy (non-hydrogen) atoms. The quantitative estimate of drug-likeness (QED) is 0.0509. The first kappa shape index (κ1) is 56.2. The SMILES string of the molecule is C.C.C.C.CCC(C)(C)C(=O)OC1CC2CC1C1C3CC(CC3C(=O)OCOC3C4CC5CC(C4)C(=O)C3C5)C21.CCC(C)C(=O)OC1CC2CC1C1C3CC(CC3C(=O)OCOCC3CCCCC3)C21. The fraction of sp³-hybridized carbons (Fsp3) is 0.917. The van der Waals surface area contributed by atoms with Crippen LogP contribution in [0.3, 0.4) is 0 Å². The number of fused-ring (bicyclic) bond motifs is 18. The molecule has 0 heterocycles. The molecule has 0 aromatic heterocycles. The fourth-order valence-electron chi connectivity index (χ4n) is 18.7. The number of hydrogen-bond donors (Lipinski definition) is 0. The minimum atomic E-state index is -0.440. The van der Waals surface area contributed by atoms with Crippen LogP contribution in [0.5, 0.6) is 0 Å². The van der Waals surface area contributed by atoms with Crippen molar-refractivity contribution in [1.82, 2.24) is 0 Å². The highest BCUT2D eigenvalue weighted by molar-refractivity contribution is 5.86. The van der Waals surface area contributed by atoms with Gasteiger partial charge in [0.1, 0.15) is 18.0 Å². The Hall–Kier alpha value is -2.53. The number of carbonyl (C=O) groups excluding carboxylic acids is 5. The van der Waals surface area contributed by atoms with Gasteiger partial charge in [-0.1, -0.05) is 69.7 Å². The molecule has 0 spiro atoms. The second-order valence-electron chi connectivity index (χ2n) is 25.5. The predicted molar refractivity (Wildman–Crippen MR) is 273 cm³/mol. The maximum Gasteiger partial charge on any atom is 0.311 e. The van der Waals surface area contributed by atoms with E-state index < -0.39 is 5.41 Å². The van der Waals surface area contributed by atoms with Crippen LogP contribution in [0.1, 0.15) is 186 Å². The lowest BCUT2D eigenvalue weighted by Gasteiger charge is -2.52. The van der Waals surface area contributed by atoms with Crippen LogP contribution in [0.2, 0.25) is 0 Å². The van der Waals surface area contributed by atoms with E-state index in [4.69, 9.17) is 28.4 Å². The zero-order valence-electron chi connectivity index (χ0n) is 41.3. The van der Waals surface area contributed by atoms with Gasteiger partial charge in [-0.15, -0.1) is 0 Å². The molecule has 0 aromatic rings. The van der Waals surface area contributed by atoms with Crippen molar-refractivity contribution in [2.45, 2.75) is 205 Å². The molecule has 13 aliphatic rings. The second-order valence-corrected chi connectivity index (χ2v) is 25.5. The molecule has 0 saturated heterocycles. The van der Waals surface area contributed by atoms with E-state index in [1.165, 1.54) is 38.5 Å². The van der Waals surface area contributed by atoms with Crippen molar-refractivity contribution in [3.05, 3.63) is 0 Å². The van der Waals surface area contributed by atoms with Crippen molar-refractivity contribution in [3.8, 4) is 0 Å². The average molecular weight is 995 g/mol. The van der Waals surface area contributed by atoms with Gasteiger partial charge < -0.3 is 28.4 Å². The van der Waals surface area contributed by atoms with Crippen molar-refractivity contribution in [2.75, 3.05) is 20.2 Å². The molecule has 13 rings (SSSR count). The van der Waals surface area contributed by atoms with Crippen LogP contribution in [-0.4, -0.2) is 68.2 Å². The monoisotopic (exact) mass is 995 g/mol. The van der Waals surface area contributed by atoms with Crippen molar-refractivity contribution < 1.29 is 52.4 Å². The molecule has 404 valence electrons. The van der Waals surface area contributed by atoms with Gasteiger partial charge in [0.25, 0.3) is 0 Å². The lowest BCUT2D eigenvalue weighted by molar-refractivity contribution is -0.193. The lowest BCUT2D eigenvalue weighted by atomic mass is 9.54. The third kappa shape index (κ3) is 10.1. The minimum absolute atomic E-state index is 0. The van der Waals surface area contributed by atoms with Crippen LogP contribution in [-0.2, 0) is 52.4 Å². The van der Waals surface area contributed by atoms with Crippen LogP contribution >= 0.6 is 0 Å². The van der Waals surface area contributed by atoms with E-state index in [0.717, 1.165) is 96.0 Å². The fourth-order valence-corrected chi connectivity index (χ4v) is 18.7. The lowest BCUT2D eigenvalue weighted by Crippen LogP contribution is -2.55. The Bertz CT molecular complexity index is 1890. The summed E-state index contributed by atoms with van der Waals surface area (Å²) in [7, 11) is 0. The topological polar surface area (TPSA) is 141 Å². The van der Waals surface area contributed by atoms with Gasteiger partial charge in [-0.05, 0) is 205 Å². The summed E-state index contributed by atoms with van der Waals surface area (Å²) in [4.78, 5) is 64.0. The molecular formula is C60H98O11. The van der Waals surface area contributed by atoms with E-state index in [9.17, 15) is 24.0 Å². The maximum atomic E-state index is 13.2. The van der Waals surface area contributed by atoms with E-state index in [0.29, 0.717) is 88.6 Å². The Labute approximate surface area is 429 Å². The van der Waals surface area contributed by atoms with Gasteiger partial charge in [-0.3, -0.25) is 24.0 Å². The normalized spacial score (nSPS) is 43.4. The number of Topliss-reactive ketones (excluding diaryl/α,β-unsaturated/α-hetero) is 1. The number of hydrogen-bond acceptors (Lipinski definition) is 11. The van der Waals surface area contributed by atoms with Gasteiger partial charge in [0, 0.05) is 11.8 Å². The van der Waals surface area contributed by atoms with E-state index in [-0.39, 0.29) is 115 Å². The van der Waals surface area contributed by atoms with Gasteiger partial charge >= 0.3 is 23.9 Å². The molecule has 0 radical (unpaired) electrons. The zero-order valence-corrected chi connectivity index (χ0v) is 41.3. The highest BCUT2D eigenvalue weighted by atomic mass is 16.7. The molecular weight excluding hydrogens is 897 g/mol. The molecule has 13 saturated carbocycles. The van der Waals surface area contributed by atoms with Crippen molar-refractivity contribution in [2.24, 2.45) is 124 Å². The second kappa shape index (κ2) is 22.4. The first-order valence-corrected chi connectivity index (χ1v) is 27.8. The highest BCUT2D eigenvalue weighted by Gasteiger charge is 2.68. The Morgan fingerprint density at radius 1 is 0.606 bits per heavy atom. The van der Waals surface area contributed by atoms with Crippen LogP contribution in [0.25, 0.3) is 0 Å². The maximum absolute atomic E-state index is 13.2. The molecule has 0 N–H and O–H groups in total. The van der Waals surface area contributed by atoms with Crippen LogP contribution < -0.4 is 0 Å². The number of carbonyl (C=O) groups is 5. The Morgan fingerprint density at radius 2 is 1.15 bits per heavy atom. The summed E-state index contributed by atoms with van der Waals surface area (Å²) >= 11 is 0. The standard InChI is InChI=1S/C30H42O6.C26H40O5.4CH4/c1-4-30(2,3)29(33)36-23-12-16-11-21(23)25-19-9-15(24(16)25)10-20(19)28(32)35-13-34-27-18-6-14-5-17(8-18)26(31)22(27)7-14;1-3-15(2)25(27)31-22-12-18-11-21(22)24-19-9-17(23(18)24)10-20(19)26(28)30-14-29-13-16-7-5-4-6-8-16;;;;/h14-25,27H,4-13H2,1-3H3;15-24H,3-14H2,1-2H3;4*1H4. The van der Waals surface area contributed by atoms with E-state index in [1.54, 1.807) is 0 Å².